The van der Waals surface area contributed by atoms with Gasteiger partial charge < -0.3 is 10.6 Å². The Labute approximate surface area is 210 Å². The van der Waals surface area contributed by atoms with Gasteiger partial charge in [0.1, 0.15) is 0 Å². The molecule has 35 heavy (non-hydrogen) atoms. The molecule has 0 spiro atoms. The predicted molar refractivity (Wildman–Crippen MR) is 141 cm³/mol. The molecule has 1 saturated carbocycles. The minimum Gasteiger partial charge on any atom is -0.349 e. The summed E-state index contributed by atoms with van der Waals surface area (Å²) in [7, 11) is 0. The van der Waals surface area contributed by atoms with Crippen LogP contribution in [0.3, 0.4) is 0 Å². The number of carbonyl (C=O) groups excluding carboxylic acids is 2. The Bertz CT molecular complexity index is 1220. The largest absolute Gasteiger partial charge is 0.349 e. The average Bonchev–Trinajstić information content (AvgIpc) is 3.55. The van der Waals surface area contributed by atoms with Crippen LogP contribution in [0, 0.1) is 0 Å². The summed E-state index contributed by atoms with van der Waals surface area (Å²) in [5.74, 6) is 0.488. The number of nitrogens with zero attached hydrogens (tertiary/aromatic N) is 3. The van der Waals surface area contributed by atoms with Gasteiger partial charge in [-0.2, -0.15) is 0 Å². The van der Waals surface area contributed by atoms with Crippen molar-refractivity contribution in [3.05, 3.63) is 72.3 Å². The van der Waals surface area contributed by atoms with Gasteiger partial charge in [-0.05, 0) is 36.0 Å². The first-order valence-corrected chi connectivity index (χ1v) is 12.7. The first-order chi connectivity index (χ1) is 16.8. The van der Waals surface area contributed by atoms with Crippen molar-refractivity contribution in [2.24, 2.45) is 0 Å². The molecule has 7 nitrogen and oxygen atoms in total. The number of benzene rings is 2. The summed E-state index contributed by atoms with van der Waals surface area (Å²) < 4.78 is 1.95. The van der Waals surface area contributed by atoms with Gasteiger partial charge in [-0.25, -0.2) is 0 Å². The molecule has 0 atom stereocenters. The molecule has 2 amide bonds. The molecule has 8 heteroatoms. The first kappa shape index (κ1) is 24.7. The monoisotopic (exact) mass is 489 g/mol. The Morgan fingerprint density at radius 2 is 1.83 bits per heavy atom. The molecular formula is C27H31N5O2S. The minimum atomic E-state index is -0.217. The van der Waals surface area contributed by atoms with E-state index in [1.807, 2.05) is 4.57 Å². The van der Waals surface area contributed by atoms with E-state index in [-0.39, 0.29) is 29.0 Å². The van der Waals surface area contributed by atoms with Crippen LogP contribution >= 0.6 is 11.8 Å². The van der Waals surface area contributed by atoms with Crippen molar-refractivity contribution < 1.29 is 9.59 Å². The van der Waals surface area contributed by atoms with Crippen LogP contribution in [0.1, 0.15) is 49.5 Å². The quantitative estimate of drug-likeness (QED) is 0.324. The summed E-state index contributed by atoms with van der Waals surface area (Å²) >= 11 is 1.30. The van der Waals surface area contributed by atoms with Crippen molar-refractivity contribution >= 4 is 29.3 Å². The second kappa shape index (κ2) is 10.5. The molecule has 0 bridgehead atoms. The van der Waals surface area contributed by atoms with E-state index in [0.717, 1.165) is 24.2 Å². The van der Waals surface area contributed by atoms with Gasteiger partial charge in [0.2, 0.25) is 5.91 Å². The van der Waals surface area contributed by atoms with Gasteiger partial charge in [0.15, 0.2) is 11.0 Å². The zero-order valence-corrected chi connectivity index (χ0v) is 21.2. The highest BCUT2D eigenvalue weighted by Crippen LogP contribution is 2.28. The number of thioether (sulfide) groups is 1. The number of nitrogens with one attached hydrogen (secondary N) is 2. The number of carbonyl (C=O) groups is 2. The van der Waals surface area contributed by atoms with Gasteiger partial charge in [-0.3, -0.25) is 14.2 Å². The summed E-state index contributed by atoms with van der Waals surface area (Å²) in [4.78, 5) is 25.2. The van der Waals surface area contributed by atoms with Crippen molar-refractivity contribution in [2.75, 3.05) is 11.1 Å². The van der Waals surface area contributed by atoms with Crippen LogP contribution < -0.4 is 10.6 Å². The molecule has 0 aliphatic heterocycles. The molecule has 2 aromatic carbocycles. The Kier molecular flexibility index (Phi) is 7.40. The Hall–Kier alpha value is -3.39. The fourth-order valence-electron chi connectivity index (χ4n) is 3.62. The van der Waals surface area contributed by atoms with Crippen LogP contribution in [-0.4, -0.2) is 38.4 Å². The number of amides is 2. The van der Waals surface area contributed by atoms with Gasteiger partial charge in [-0.15, -0.1) is 16.8 Å². The lowest BCUT2D eigenvalue weighted by molar-refractivity contribution is -0.113. The third kappa shape index (κ3) is 6.19. The number of rotatable bonds is 9. The number of hydrogen-bond donors (Lipinski definition) is 2. The fourth-order valence-corrected chi connectivity index (χ4v) is 4.37. The summed E-state index contributed by atoms with van der Waals surface area (Å²) in [6, 6.07) is 15.6. The van der Waals surface area contributed by atoms with Gasteiger partial charge in [-0.1, -0.05) is 75.0 Å². The number of anilines is 1. The van der Waals surface area contributed by atoms with E-state index in [1.165, 1.54) is 17.3 Å². The van der Waals surface area contributed by atoms with Crippen molar-refractivity contribution in [2.45, 2.75) is 56.8 Å². The first-order valence-electron chi connectivity index (χ1n) is 11.7. The Morgan fingerprint density at radius 1 is 1.11 bits per heavy atom. The van der Waals surface area contributed by atoms with Crippen LogP contribution in [0.25, 0.3) is 11.4 Å². The molecule has 1 aliphatic carbocycles. The third-order valence-electron chi connectivity index (χ3n) is 5.73. The van der Waals surface area contributed by atoms with Crippen LogP contribution in [0.4, 0.5) is 5.69 Å². The van der Waals surface area contributed by atoms with Crippen molar-refractivity contribution in [3.63, 3.8) is 0 Å². The smallest absolute Gasteiger partial charge is 0.253 e. The second-order valence-electron chi connectivity index (χ2n) is 9.66. The van der Waals surface area contributed by atoms with Gasteiger partial charge in [0, 0.05) is 18.2 Å². The molecule has 0 radical (unpaired) electrons. The van der Waals surface area contributed by atoms with Crippen LogP contribution in [-0.2, 0) is 16.8 Å². The van der Waals surface area contributed by atoms with Crippen LogP contribution in [0.2, 0.25) is 0 Å². The van der Waals surface area contributed by atoms with E-state index >= 15 is 0 Å². The lowest BCUT2D eigenvalue weighted by atomic mass is 9.87. The van der Waals surface area contributed by atoms with E-state index in [4.69, 9.17) is 0 Å². The van der Waals surface area contributed by atoms with Crippen molar-refractivity contribution in [3.8, 4) is 11.4 Å². The van der Waals surface area contributed by atoms with Crippen LogP contribution in [0.15, 0.2) is 66.3 Å². The van der Waals surface area contributed by atoms with Gasteiger partial charge >= 0.3 is 0 Å². The highest BCUT2D eigenvalue weighted by Gasteiger charge is 2.25. The molecule has 1 fully saturated rings. The van der Waals surface area contributed by atoms with Crippen LogP contribution in [0.5, 0.6) is 0 Å². The zero-order valence-electron chi connectivity index (χ0n) is 20.4. The van der Waals surface area contributed by atoms with E-state index in [9.17, 15) is 9.59 Å². The highest BCUT2D eigenvalue weighted by atomic mass is 32.2. The summed E-state index contributed by atoms with van der Waals surface area (Å²) in [6.45, 7) is 10.9. The maximum absolute atomic E-state index is 12.7. The lowest BCUT2D eigenvalue weighted by Crippen LogP contribution is -2.27. The number of para-hydroxylation sites is 1. The molecule has 4 rings (SSSR count). The number of hydrogen-bond acceptors (Lipinski definition) is 5. The third-order valence-corrected chi connectivity index (χ3v) is 6.70. The topological polar surface area (TPSA) is 88.9 Å². The molecular weight excluding hydrogens is 458 g/mol. The van der Waals surface area contributed by atoms with Crippen molar-refractivity contribution in [1.29, 1.82) is 0 Å². The zero-order chi connectivity index (χ0) is 25.0. The fraction of sp³-hybridized carbons (Fsp3) is 0.333. The standard InChI is InChI=1S/C27H31N5O2S/c1-5-16-32-24(18-10-12-19(13-11-18)27(2,3)4)30-31-26(32)35-17-23(33)29-22-9-7-6-8-21(22)25(34)28-20-14-15-20/h5-13,20H,1,14-17H2,2-4H3,(H,28,34)(H,29,33). The molecule has 1 aromatic heterocycles. The predicted octanol–water partition coefficient (Wildman–Crippen LogP) is 5.05. The Morgan fingerprint density at radius 3 is 2.49 bits per heavy atom. The maximum Gasteiger partial charge on any atom is 0.253 e. The average molecular weight is 490 g/mol. The van der Waals surface area contributed by atoms with Gasteiger partial charge in [0.05, 0.1) is 17.0 Å². The van der Waals surface area contributed by atoms with E-state index in [2.05, 4.69) is 72.4 Å². The summed E-state index contributed by atoms with van der Waals surface area (Å²) in [5.41, 5.74) is 3.24. The minimum absolute atomic E-state index is 0.0683. The summed E-state index contributed by atoms with van der Waals surface area (Å²) in [5, 5.41) is 15.2. The molecule has 182 valence electrons. The molecule has 1 heterocycles. The number of aromatic nitrogens is 3. The Balaban J connectivity index is 1.45. The maximum atomic E-state index is 12.7. The molecule has 3 aromatic rings. The SMILES string of the molecule is C=CCn1c(SCC(=O)Nc2ccccc2C(=O)NC2CC2)nnc1-c1ccc(C(C)(C)C)cc1. The van der Waals surface area contributed by atoms with E-state index in [0.29, 0.717) is 23.0 Å². The molecule has 0 saturated heterocycles. The highest BCUT2D eigenvalue weighted by molar-refractivity contribution is 7.99. The molecule has 1 aliphatic rings. The second-order valence-corrected chi connectivity index (χ2v) is 10.6. The van der Waals surface area contributed by atoms with E-state index < -0.39 is 0 Å². The molecule has 2 N–H and O–H groups in total. The van der Waals surface area contributed by atoms with Gasteiger partial charge in [0.25, 0.3) is 5.91 Å². The molecule has 0 unspecified atom stereocenters. The normalized spacial score (nSPS) is 13.3. The number of allylic oxidation sites excluding steroid dienone is 1. The van der Waals surface area contributed by atoms with Crippen molar-refractivity contribution in [1.82, 2.24) is 20.1 Å². The summed E-state index contributed by atoms with van der Waals surface area (Å²) in [6.07, 6.45) is 3.80. The lowest BCUT2D eigenvalue weighted by Gasteiger charge is -2.19. The van der Waals surface area contributed by atoms with E-state index in [1.54, 1.807) is 30.3 Å².